The molecule has 1 fully saturated rings. The molecule has 2 amide bonds. The third-order valence-electron chi connectivity index (χ3n) is 4.05. The van der Waals surface area contributed by atoms with Gasteiger partial charge in [0.2, 0.25) is 5.91 Å². The number of H-pyrrole nitrogens is 1. The van der Waals surface area contributed by atoms with Crippen LogP contribution in [0.5, 0.6) is 0 Å². The maximum Gasteiger partial charge on any atom is 0.272 e. The van der Waals surface area contributed by atoms with Crippen molar-refractivity contribution in [3.63, 3.8) is 0 Å². The number of hydrogen-bond acceptors (Lipinski definition) is 4. The number of primary amides is 1. The van der Waals surface area contributed by atoms with Gasteiger partial charge >= 0.3 is 0 Å². The summed E-state index contributed by atoms with van der Waals surface area (Å²) in [7, 11) is 0. The summed E-state index contributed by atoms with van der Waals surface area (Å²) in [5.41, 5.74) is 6.36. The lowest BCUT2D eigenvalue weighted by molar-refractivity contribution is -0.122. The molecule has 0 aliphatic carbocycles. The smallest absolute Gasteiger partial charge is 0.272 e. The zero-order valence-corrected chi connectivity index (χ0v) is 13.7. The van der Waals surface area contributed by atoms with Crippen LogP contribution in [0.1, 0.15) is 23.3 Å². The second kappa shape index (κ2) is 6.92. The molecule has 3 heterocycles. The molecule has 1 saturated heterocycles. The van der Waals surface area contributed by atoms with E-state index in [1.54, 1.807) is 24.5 Å². The molecule has 1 aliphatic heterocycles. The number of halogens is 1. The molecule has 7 nitrogen and oxygen atoms in total. The number of nitrogens with two attached hydrogens (primary N) is 1. The molecular formula is C16H18ClN5O2. The number of carbonyl (C=O) groups is 2. The number of hydrogen-bond donors (Lipinski definition) is 3. The number of aromatic nitrogens is 2. The number of rotatable bonds is 4. The third-order valence-corrected chi connectivity index (χ3v) is 4.26. The number of aromatic amines is 1. The van der Waals surface area contributed by atoms with Crippen molar-refractivity contribution >= 4 is 34.9 Å². The maximum absolute atomic E-state index is 12.0. The molecule has 0 radical (unpaired) electrons. The summed E-state index contributed by atoms with van der Waals surface area (Å²) in [5.74, 6) is 0.0656. The van der Waals surface area contributed by atoms with E-state index < -0.39 is 0 Å². The van der Waals surface area contributed by atoms with Crippen LogP contribution in [0.3, 0.4) is 0 Å². The van der Waals surface area contributed by atoms with Crippen molar-refractivity contribution in [1.82, 2.24) is 9.97 Å². The van der Waals surface area contributed by atoms with Crippen LogP contribution < -0.4 is 16.0 Å². The number of pyridine rings is 1. The molecule has 24 heavy (non-hydrogen) atoms. The molecule has 1 aliphatic rings. The topological polar surface area (TPSA) is 104 Å². The van der Waals surface area contributed by atoms with E-state index in [9.17, 15) is 9.59 Å². The van der Waals surface area contributed by atoms with E-state index in [4.69, 9.17) is 17.3 Å². The predicted octanol–water partition coefficient (Wildman–Crippen LogP) is 2.02. The van der Waals surface area contributed by atoms with E-state index in [0.29, 0.717) is 22.9 Å². The number of amides is 2. The van der Waals surface area contributed by atoms with Gasteiger partial charge in [0.25, 0.3) is 5.91 Å². The third kappa shape index (κ3) is 3.68. The molecule has 1 atom stereocenters. The number of piperidine rings is 1. The minimum absolute atomic E-state index is 0.141. The standard InChI is InChI=1S/C16H18ClN5O2/c17-11-6-13(19-7-11)16(24)21-12-3-4-14(20-8-12)22-5-1-2-10(9-22)15(18)23/h3-4,6-8,10,19H,1-2,5,9H2,(H2,18,23)(H,21,24). The Labute approximate surface area is 144 Å². The van der Waals surface area contributed by atoms with Crippen molar-refractivity contribution in [3.05, 3.63) is 41.3 Å². The van der Waals surface area contributed by atoms with E-state index >= 15 is 0 Å². The SMILES string of the molecule is NC(=O)C1CCCN(c2ccc(NC(=O)c3cc(Cl)c[nH]3)cn2)C1. The molecule has 4 N–H and O–H groups in total. The van der Waals surface area contributed by atoms with Gasteiger partial charge in [-0.15, -0.1) is 0 Å². The fourth-order valence-corrected chi connectivity index (χ4v) is 2.93. The Morgan fingerprint density at radius 2 is 2.25 bits per heavy atom. The zero-order valence-electron chi connectivity index (χ0n) is 13.0. The lowest BCUT2D eigenvalue weighted by Crippen LogP contribution is -2.41. The highest BCUT2D eigenvalue weighted by atomic mass is 35.5. The molecule has 2 aromatic heterocycles. The largest absolute Gasteiger partial charge is 0.369 e. The number of anilines is 2. The lowest BCUT2D eigenvalue weighted by Gasteiger charge is -2.32. The summed E-state index contributed by atoms with van der Waals surface area (Å²) in [6, 6.07) is 5.15. The number of carbonyl (C=O) groups excluding carboxylic acids is 2. The van der Waals surface area contributed by atoms with E-state index in [1.165, 1.54) is 0 Å². The van der Waals surface area contributed by atoms with Crippen LogP contribution in [-0.2, 0) is 4.79 Å². The van der Waals surface area contributed by atoms with Crippen molar-refractivity contribution in [1.29, 1.82) is 0 Å². The van der Waals surface area contributed by atoms with Crippen LogP contribution in [0.25, 0.3) is 0 Å². The predicted molar refractivity (Wildman–Crippen MR) is 92.1 cm³/mol. The van der Waals surface area contributed by atoms with Crippen LogP contribution in [0.4, 0.5) is 11.5 Å². The van der Waals surface area contributed by atoms with Crippen molar-refractivity contribution in [2.75, 3.05) is 23.3 Å². The summed E-state index contributed by atoms with van der Waals surface area (Å²) >= 11 is 5.79. The summed E-state index contributed by atoms with van der Waals surface area (Å²) in [4.78, 5) is 32.6. The minimum atomic E-state index is -0.289. The van der Waals surface area contributed by atoms with E-state index in [-0.39, 0.29) is 17.7 Å². The van der Waals surface area contributed by atoms with Crippen LogP contribution in [0.15, 0.2) is 30.6 Å². The lowest BCUT2D eigenvalue weighted by atomic mass is 9.97. The molecular weight excluding hydrogens is 330 g/mol. The highest BCUT2D eigenvalue weighted by Crippen LogP contribution is 2.22. The molecule has 0 spiro atoms. The molecule has 8 heteroatoms. The van der Waals surface area contributed by atoms with Crippen molar-refractivity contribution in [2.24, 2.45) is 11.7 Å². The highest BCUT2D eigenvalue weighted by molar-refractivity contribution is 6.31. The molecule has 0 saturated carbocycles. The van der Waals surface area contributed by atoms with Gasteiger partial charge in [-0.05, 0) is 31.0 Å². The van der Waals surface area contributed by atoms with Gasteiger partial charge in [0.05, 0.1) is 22.8 Å². The monoisotopic (exact) mass is 347 g/mol. The Morgan fingerprint density at radius 3 is 2.88 bits per heavy atom. The Bertz CT molecular complexity index is 743. The average Bonchev–Trinajstić information content (AvgIpc) is 3.02. The Kier molecular flexibility index (Phi) is 4.71. The second-order valence-electron chi connectivity index (χ2n) is 5.78. The van der Waals surface area contributed by atoms with Gasteiger partial charge in [0.1, 0.15) is 11.5 Å². The first-order valence-electron chi connectivity index (χ1n) is 7.68. The van der Waals surface area contributed by atoms with Crippen LogP contribution in [0.2, 0.25) is 5.02 Å². The fraction of sp³-hybridized carbons (Fsp3) is 0.312. The van der Waals surface area contributed by atoms with Crippen molar-refractivity contribution in [2.45, 2.75) is 12.8 Å². The Morgan fingerprint density at radius 1 is 1.42 bits per heavy atom. The quantitative estimate of drug-likeness (QED) is 0.786. The summed E-state index contributed by atoms with van der Waals surface area (Å²) in [5, 5.41) is 3.22. The van der Waals surface area contributed by atoms with Gasteiger partial charge in [0.15, 0.2) is 0 Å². The van der Waals surface area contributed by atoms with Crippen molar-refractivity contribution < 1.29 is 9.59 Å². The van der Waals surface area contributed by atoms with Gasteiger partial charge in [-0.1, -0.05) is 11.6 Å². The van der Waals surface area contributed by atoms with Gasteiger partial charge in [-0.2, -0.15) is 0 Å². The van der Waals surface area contributed by atoms with E-state index in [1.807, 2.05) is 11.0 Å². The molecule has 1 unspecified atom stereocenters. The molecule has 126 valence electrons. The summed E-state index contributed by atoms with van der Waals surface area (Å²) < 4.78 is 0. The summed E-state index contributed by atoms with van der Waals surface area (Å²) in [6.45, 7) is 1.42. The van der Waals surface area contributed by atoms with Gasteiger partial charge in [0, 0.05) is 19.3 Å². The molecule has 0 aromatic carbocycles. The molecule has 3 rings (SSSR count). The second-order valence-corrected chi connectivity index (χ2v) is 6.21. The molecule has 0 bridgehead atoms. The first kappa shape index (κ1) is 16.3. The number of nitrogens with one attached hydrogen (secondary N) is 2. The van der Waals surface area contributed by atoms with E-state index in [2.05, 4.69) is 15.3 Å². The Hall–Kier alpha value is -2.54. The van der Waals surface area contributed by atoms with Crippen LogP contribution in [-0.4, -0.2) is 34.9 Å². The van der Waals surface area contributed by atoms with Gasteiger partial charge in [-0.25, -0.2) is 4.98 Å². The van der Waals surface area contributed by atoms with Crippen molar-refractivity contribution in [3.8, 4) is 0 Å². The maximum atomic E-state index is 12.0. The van der Waals surface area contributed by atoms with Crippen LogP contribution >= 0.6 is 11.6 Å². The Balaban J connectivity index is 1.65. The average molecular weight is 348 g/mol. The summed E-state index contributed by atoms with van der Waals surface area (Å²) in [6.07, 6.45) is 4.86. The highest BCUT2D eigenvalue weighted by Gasteiger charge is 2.24. The normalized spacial score (nSPS) is 17.5. The number of nitrogens with zero attached hydrogens (tertiary/aromatic N) is 2. The van der Waals surface area contributed by atoms with Gasteiger partial charge < -0.3 is 20.9 Å². The zero-order chi connectivity index (χ0) is 17.1. The van der Waals surface area contributed by atoms with Crippen LogP contribution in [0, 0.1) is 5.92 Å². The first-order valence-corrected chi connectivity index (χ1v) is 8.06. The minimum Gasteiger partial charge on any atom is -0.369 e. The molecule has 2 aromatic rings. The van der Waals surface area contributed by atoms with E-state index in [0.717, 1.165) is 25.2 Å². The fourth-order valence-electron chi connectivity index (χ4n) is 2.76. The first-order chi connectivity index (χ1) is 11.5. The van der Waals surface area contributed by atoms with Gasteiger partial charge in [-0.3, -0.25) is 9.59 Å².